The van der Waals surface area contributed by atoms with E-state index in [0.29, 0.717) is 5.56 Å². The molecule has 6 heteroatoms. The Morgan fingerprint density at radius 1 is 1.30 bits per heavy atom. The number of sulfone groups is 1. The van der Waals surface area contributed by atoms with Crippen LogP contribution in [-0.2, 0) is 9.84 Å². The first-order chi connectivity index (χ1) is 9.04. The lowest BCUT2D eigenvalue weighted by molar-refractivity contribution is 0.0956. The van der Waals surface area contributed by atoms with Crippen molar-refractivity contribution < 1.29 is 13.2 Å². The zero-order valence-corrected chi connectivity index (χ0v) is 15.1. The number of hydrogen-bond donors (Lipinski definition) is 1. The molecule has 1 aromatic carbocycles. The highest BCUT2D eigenvalue weighted by Gasteiger charge is 2.28. The quantitative estimate of drug-likeness (QED) is 0.778. The number of rotatable bonds is 4. The molecular formula is C14H20INO3S. The minimum Gasteiger partial charge on any atom is -0.351 e. The van der Waals surface area contributed by atoms with Crippen molar-refractivity contribution in [3.05, 3.63) is 32.9 Å². The summed E-state index contributed by atoms with van der Waals surface area (Å²) in [5, 5.41) is 2.65. The Kier molecular flexibility index (Phi) is 5.60. The van der Waals surface area contributed by atoms with Gasteiger partial charge in [-0.05, 0) is 74.0 Å². The van der Waals surface area contributed by atoms with Gasteiger partial charge in [-0.2, -0.15) is 0 Å². The minimum atomic E-state index is -3.21. The highest BCUT2D eigenvalue weighted by molar-refractivity contribution is 14.1. The molecule has 4 nitrogen and oxygen atoms in total. The Morgan fingerprint density at radius 3 is 2.40 bits per heavy atom. The van der Waals surface area contributed by atoms with E-state index in [4.69, 9.17) is 0 Å². The van der Waals surface area contributed by atoms with E-state index < -0.39 is 14.6 Å². The minimum absolute atomic E-state index is 0.0500. The van der Waals surface area contributed by atoms with Crippen molar-refractivity contribution in [2.75, 3.05) is 12.3 Å². The number of halogens is 1. The van der Waals surface area contributed by atoms with Crippen molar-refractivity contribution in [3.63, 3.8) is 0 Å². The highest BCUT2D eigenvalue weighted by atomic mass is 127. The van der Waals surface area contributed by atoms with Gasteiger partial charge in [0, 0.05) is 15.7 Å². The summed E-state index contributed by atoms with van der Waals surface area (Å²) in [5.74, 6) is -0.292. The molecule has 1 N–H and O–H groups in total. The summed E-state index contributed by atoms with van der Waals surface area (Å²) < 4.78 is 24.1. The molecule has 0 saturated heterocycles. The number of benzene rings is 1. The van der Waals surface area contributed by atoms with Crippen LogP contribution in [0.5, 0.6) is 0 Å². The second-order valence-corrected chi connectivity index (χ2v) is 9.68. The molecular weight excluding hydrogens is 389 g/mol. The van der Waals surface area contributed by atoms with Crippen molar-refractivity contribution in [1.82, 2.24) is 5.32 Å². The van der Waals surface area contributed by atoms with Gasteiger partial charge in [-0.1, -0.05) is 0 Å². The largest absolute Gasteiger partial charge is 0.351 e. The molecule has 0 saturated carbocycles. The number of carbonyl (C=O) groups excluding carboxylic acids is 1. The number of aryl methyl sites for hydroxylation is 1. The predicted molar refractivity (Wildman–Crippen MR) is 89.8 cm³/mol. The van der Waals surface area contributed by atoms with Crippen molar-refractivity contribution in [2.24, 2.45) is 0 Å². The maximum Gasteiger partial charge on any atom is 0.251 e. The summed E-state index contributed by atoms with van der Waals surface area (Å²) in [5.41, 5.74) is 1.58. The van der Waals surface area contributed by atoms with E-state index in [2.05, 4.69) is 27.9 Å². The Morgan fingerprint density at radius 2 is 1.90 bits per heavy atom. The number of hydrogen-bond acceptors (Lipinski definition) is 3. The average molecular weight is 409 g/mol. The van der Waals surface area contributed by atoms with E-state index in [1.807, 2.05) is 13.0 Å². The van der Waals surface area contributed by atoms with Crippen LogP contribution in [0.15, 0.2) is 18.2 Å². The Labute approximate surface area is 134 Å². The van der Waals surface area contributed by atoms with Gasteiger partial charge in [-0.25, -0.2) is 8.42 Å². The number of amides is 1. The van der Waals surface area contributed by atoms with Gasteiger partial charge in [0.2, 0.25) is 0 Å². The van der Waals surface area contributed by atoms with E-state index in [1.54, 1.807) is 32.9 Å². The molecule has 0 aromatic heterocycles. The van der Waals surface area contributed by atoms with E-state index >= 15 is 0 Å². The Hall–Kier alpha value is -0.630. The molecule has 20 heavy (non-hydrogen) atoms. The Balaban J connectivity index is 2.63. The van der Waals surface area contributed by atoms with E-state index in [1.165, 1.54) is 0 Å². The van der Waals surface area contributed by atoms with Gasteiger partial charge in [0.15, 0.2) is 9.84 Å². The van der Waals surface area contributed by atoms with E-state index in [-0.39, 0.29) is 18.2 Å². The second-order valence-electron chi connectivity index (χ2n) is 5.65. The van der Waals surface area contributed by atoms with Crippen LogP contribution in [0.4, 0.5) is 0 Å². The van der Waals surface area contributed by atoms with Gasteiger partial charge in [0.25, 0.3) is 5.91 Å². The maximum absolute atomic E-state index is 11.9. The molecule has 1 amide bonds. The van der Waals surface area contributed by atoms with Gasteiger partial charge < -0.3 is 5.32 Å². The third-order valence-electron chi connectivity index (χ3n) is 3.01. The van der Waals surface area contributed by atoms with Crippen molar-refractivity contribution in [1.29, 1.82) is 0 Å². The van der Waals surface area contributed by atoms with Crippen LogP contribution < -0.4 is 5.32 Å². The molecule has 0 aliphatic heterocycles. The molecule has 0 atom stereocenters. The van der Waals surface area contributed by atoms with Crippen LogP contribution in [0.1, 0.15) is 36.7 Å². The van der Waals surface area contributed by atoms with E-state index in [0.717, 1.165) is 9.13 Å². The smallest absolute Gasteiger partial charge is 0.251 e. The fraction of sp³-hybridized carbons (Fsp3) is 0.500. The van der Waals surface area contributed by atoms with Gasteiger partial charge >= 0.3 is 0 Å². The lowest BCUT2D eigenvalue weighted by atomic mass is 10.1. The summed E-state index contributed by atoms with van der Waals surface area (Å²) in [6.45, 7) is 7.04. The summed E-state index contributed by atoms with van der Waals surface area (Å²) in [4.78, 5) is 11.9. The lowest BCUT2D eigenvalue weighted by Crippen LogP contribution is -2.36. The third kappa shape index (κ3) is 4.44. The topological polar surface area (TPSA) is 63.2 Å². The Bertz CT molecular complexity index is 603. The molecule has 0 aliphatic rings. The van der Waals surface area contributed by atoms with Crippen molar-refractivity contribution in [2.45, 2.75) is 32.4 Å². The van der Waals surface area contributed by atoms with Gasteiger partial charge in [0.05, 0.1) is 10.5 Å². The number of nitrogens with one attached hydrogen (secondary N) is 1. The van der Waals surface area contributed by atoms with Gasteiger partial charge in [-0.3, -0.25) is 4.79 Å². The molecule has 0 unspecified atom stereocenters. The summed E-state index contributed by atoms with van der Waals surface area (Å²) in [6.07, 6.45) is 0. The first kappa shape index (κ1) is 17.4. The van der Waals surface area contributed by atoms with Crippen LogP contribution in [0.2, 0.25) is 0 Å². The average Bonchev–Trinajstić information content (AvgIpc) is 2.30. The maximum atomic E-state index is 11.9. The van der Waals surface area contributed by atoms with Crippen LogP contribution in [-0.4, -0.2) is 31.4 Å². The molecule has 0 fully saturated rings. The first-order valence-corrected chi connectivity index (χ1v) is 9.04. The number of carbonyl (C=O) groups is 1. The molecule has 112 valence electrons. The van der Waals surface area contributed by atoms with Gasteiger partial charge in [-0.15, -0.1) is 0 Å². The molecule has 0 bridgehead atoms. The van der Waals surface area contributed by atoms with Crippen molar-refractivity contribution >= 4 is 38.3 Å². The summed E-state index contributed by atoms with van der Waals surface area (Å²) >= 11 is 2.20. The fourth-order valence-electron chi connectivity index (χ4n) is 1.49. The molecule has 0 spiro atoms. The lowest BCUT2D eigenvalue weighted by Gasteiger charge is -2.19. The highest BCUT2D eigenvalue weighted by Crippen LogP contribution is 2.15. The van der Waals surface area contributed by atoms with Gasteiger partial charge in [0.1, 0.15) is 0 Å². The third-order valence-corrected chi connectivity index (χ3v) is 6.83. The summed E-state index contributed by atoms with van der Waals surface area (Å²) in [6, 6.07) is 5.41. The van der Waals surface area contributed by atoms with Crippen LogP contribution in [0.3, 0.4) is 0 Å². The first-order valence-electron chi connectivity index (χ1n) is 6.31. The standard InChI is InChI=1S/C14H20INO3S/c1-10-9-11(5-6-12(10)15)13(17)16-7-8-20(18,19)14(2,3)4/h5-6,9H,7-8H2,1-4H3,(H,16,17). The van der Waals surface area contributed by atoms with Crippen LogP contribution in [0, 0.1) is 10.5 Å². The van der Waals surface area contributed by atoms with E-state index in [9.17, 15) is 13.2 Å². The zero-order valence-electron chi connectivity index (χ0n) is 12.2. The molecule has 1 rings (SSSR count). The second kappa shape index (κ2) is 6.43. The molecule has 0 aliphatic carbocycles. The normalized spacial score (nSPS) is 12.2. The predicted octanol–water partition coefficient (Wildman–Crippen LogP) is 2.54. The molecule has 1 aromatic rings. The van der Waals surface area contributed by atoms with Crippen LogP contribution in [0.25, 0.3) is 0 Å². The summed E-state index contributed by atoms with van der Waals surface area (Å²) in [7, 11) is -3.21. The SMILES string of the molecule is Cc1cc(C(=O)NCCS(=O)(=O)C(C)(C)C)ccc1I. The van der Waals surface area contributed by atoms with Crippen LogP contribution >= 0.6 is 22.6 Å². The fourth-order valence-corrected chi connectivity index (χ4v) is 2.81. The molecule has 0 radical (unpaired) electrons. The zero-order chi connectivity index (χ0) is 15.6. The molecule has 0 heterocycles. The van der Waals surface area contributed by atoms with Crippen molar-refractivity contribution in [3.8, 4) is 0 Å². The monoisotopic (exact) mass is 409 g/mol.